The first-order valence-corrected chi connectivity index (χ1v) is 21.4. The molecule has 16 heteroatoms. The molecule has 1 unspecified atom stereocenters. The van der Waals surface area contributed by atoms with Crippen LogP contribution in [-0.4, -0.2) is 104 Å². The largest absolute Gasteiger partial charge is 0.493 e. The number of imide groups is 1. The number of piperidine rings is 1. The monoisotopic (exact) mass is 873 g/mol. The highest BCUT2D eigenvalue weighted by Gasteiger charge is 2.45. The highest BCUT2D eigenvalue weighted by atomic mass is 35.5. The van der Waals surface area contributed by atoms with E-state index in [1.807, 2.05) is 39.1 Å². The Balaban J connectivity index is 0.998. The predicted octanol–water partition coefficient (Wildman–Crippen LogP) is 6.54. The Bertz CT molecular complexity index is 2910. The molecule has 2 fully saturated rings. The van der Waals surface area contributed by atoms with Gasteiger partial charge in [0, 0.05) is 67.4 Å². The molecule has 4 amide bonds. The second-order valence-corrected chi connectivity index (χ2v) is 16.7. The van der Waals surface area contributed by atoms with Crippen molar-refractivity contribution in [3.63, 3.8) is 0 Å². The maximum Gasteiger partial charge on any atom is 0.352 e. The van der Waals surface area contributed by atoms with E-state index in [-0.39, 0.29) is 67.2 Å². The number of piperazine rings is 1. The van der Waals surface area contributed by atoms with Crippen molar-refractivity contribution in [1.29, 1.82) is 0 Å². The number of aromatic carboxylic acids is 1. The Labute approximate surface area is 366 Å². The van der Waals surface area contributed by atoms with E-state index in [9.17, 15) is 33.5 Å². The molecular formula is C47H45ClFN7O7. The number of aryl methyl sites for hydroxylation is 3. The maximum absolute atomic E-state index is 14.0. The van der Waals surface area contributed by atoms with Gasteiger partial charge in [-0.25, -0.2) is 9.18 Å². The van der Waals surface area contributed by atoms with Crippen molar-refractivity contribution in [3.05, 3.63) is 111 Å². The Morgan fingerprint density at radius 2 is 1.75 bits per heavy atom. The summed E-state index contributed by atoms with van der Waals surface area (Å²) in [5, 5.41) is 21.0. The minimum atomic E-state index is -1.13. The number of hydrogen-bond donors (Lipinski definition) is 2. The summed E-state index contributed by atoms with van der Waals surface area (Å²) in [4.78, 5) is 72.0. The van der Waals surface area contributed by atoms with Crippen LogP contribution in [0.2, 0.25) is 5.02 Å². The van der Waals surface area contributed by atoms with Crippen LogP contribution >= 0.6 is 11.6 Å². The maximum atomic E-state index is 14.0. The van der Waals surface area contributed by atoms with Crippen LogP contribution in [-0.2, 0) is 29.6 Å². The van der Waals surface area contributed by atoms with Crippen molar-refractivity contribution in [2.45, 2.75) is 52.1 Å². The molecule has 0 spiro atoms. The summed E-state index contributed by atoms with van der Waals surface area (Å²) in [7, 11) is 1.84. The molecule has 63 heavy (non-hydrogen) atoms. The van der Waals surface area contributed by atoms with Gasteiger partial charge in [-0.05, 0) is 92.9 Å². The topological polar surface area (TPSA) is 159 Å². The Kier molecular flexibility index (Phi) is 10.9. The summed E-state index contributed by atoms with van der Waals surface area (Å²) in [5.74, 6) is -2.55. The number of nitrogens with one attached hydrogen (secondary N) is 1. The van der Waals surface area contributed by atoms with Crippen molar-refractivity contribution in [1.82, 2.24) is 29.5 Å². The number of benzene rings is 4. The molecule has 2 saturated heterocycles. The molecule has 4 aromatic carbocycles. The first-order valence-electron chi connectivity index (χ1n) is 21.0. The SMILES string of the molecule is Cc1nn(C)c(C)c1-c1c(Cl)ccc2c(CCCOc3cccc4cc(F)ccc34)c(C(=O)O)n(CCN3CCN(c4cccc5c4C(=O)N(C4CCCNC4=O)C5=O)CC3=O)c12. The van der Waals surface area contributed by atoms with Crippen LogP contribution in [0.1, 0.15) is 67.4 Å². The van der Waals surface area contributed by atoms with Crippen LogP contribution in [0, 0.1) is 19.7 Å². The smallest absolute Gasteiger partial charge is 0.352 e. The normalized spacial score (nSPS) is 16.7. The minimum Gasteiger partial charge on any atom is -0.493 e. The first kappa shape index (κ1) is 41.6. The van der Waals surface area contributed by atoms with Crippen molar-refractivity contribution in [2.24, 2.45) is 7.05 Å². The fourth-order valence-electron chi connectivity index (χ4n) is 9.57. The summed E-state index contributed by atoms with van der Waals surface area (Å²) < 4.78 is 23.6. The molecule has 0 saturated carbocycles. The summed E-state index contributed by atoms with van der Waals surface area (Å²) in [5.41, 5.74) is 5.16. The molecule has 6 aromatic rings. The summed E-state index contributed by atoms with van der Waals surface area (Å²) >= 11 is 7.04. The van der Waals surface area contributed by atoms with Gasteiger partial charge in [-0.3, -0.25) is 28.8 Å². The van der Waals surface area contributed by atoms with Gasteiger partial charge in [-0.1, -0.05) is 35.9 Å². The fourth-order valence-corrected chi connectivity index (χ4v) is 9.82. The van der Waals surface area contributed by atoms with Crippen LogP contribution in [0.3, 0.4) is 0 Å². The molecular weight excluding hydrogens is 829 g/mol. The van der Waals surface area contributed by atoms with E-state index in [2.05, 4.69) is 10.4 Å². The predicted molar refractivity (Wildman–Crippen MR) is 235 cm³/mol. The minimum absolute atomic E-state index is 0.0813. The third-order valence-electron chi connectivity index (χ3n) is 12.6. The number of carboxylic acid groups (broad SMARTS) is 1. The van der Waals surface area contributed by atoms with Gasteiger partial charge in [0.05, 0.1) is 46.2 Å². The molecule has 3 aliphatic rings. The number of rotatable bonds is 12. The van der Waals surface area contributed by atoms with Crippen molar-refractivity contribution in [3.8, 4) is 16.9 Å². The number of anilines is 1. The summed E-state index contributed by atoms with van der Waals surface area (Å²) in [6.07, 6.45) is 1.83. The van der Waals surface area contributed by atoms with Gasteiger partial charge >= 0.3 is 5.97 Å². The standard InChI is InChI=1S/C47H45ClFN7O7/c1-26-39(27(2)52(3)51-26)41-34(48)17-16-32-31(10-7-23-63-37-13-4-8-28-24-29(49)14-15-30(28)37)43(47(61)62)55(42(32)41)22-21-53-19-20-54(25-38(53)57)35-11-5-9-33-40(35)46(60)56(45(33)59)36-12-6-18-50-44(36)58/h4-5,8-9,11,13-17,24,36H,6-7,10,12,18-23,25H2,1-3H3,(H,50,58)(H,61,62). The molecule has 1 atom stereocenters. The average molecular weight is 874 g/mol. The molecule has 14 nitrogen and oxygen atoms in total. The third-order valence-corrected chi connectivity index (χ3v) is 12.9. The number of halogens is 2. The zero-order chi connectivity index (χ0) is 44.3. The zero-order valence-electron chi connectivity index (χ0n) is 35.0. The number of aromatic nitrogens is 3. The van der Waals surface area contributed by atoms with Crippen LogP contribution < -0.4 is 15.0 Å². The van der Waals surface area contributed by atoms with Crippen LogP contribution in [0.5, 0.6) is 5.75 Å². The van der Waals surface area contributed by atoms with Gasteiger partial charge in [0.15, 0.2) is 0 Å². The van der Waals surface area contributed by atoms with E-state index in [0.29, 0.717) is 82.6 Å². The highest BCUT2D eigenvalue weighted by Crippen LogP contribution is 2.42. The number of carboxylic acids is 1. The second-order valence-electron chi connectivity index (χ2n) is 16.3. The lowest BCUT2D eigenvalue weighted by atomic mass is 9.98. The molecule has 3 aliphatic heterocycles. The molecule has 0 aliphatic carbocycles. The number of carbonyl (C=O) groups is 5. The summed E-state index contributed by atoms with van der Waals surface area (Å²) in [6.45, 7) is 5.40. The van der Waals surface area contributed by atoms with Gasteiger partial charge in [0.1, 0.15) is 23.3 Å². The number of amides is 4. The van der Waals surface area contributed by atoms with Gasteiger partial charge < -0.3 is 29.5 Å². The van der Waals surface area contributed by atoms with Crippen molar-refractivity contribution >= 4 is 68.6 Å². The number of carbonyl (C=O) groups excluding carboxylic acids is 4. The zero-order valence-corrected chi connectivity index (χ0v) is 35.8. The molecule has 2 aromatic heterocycles. The number of nitrogens with zero attached hydrogens (tertiary/aromatic N) is 6. The van der Waals surface area contributed by atoms with Gasteiger partial charge in [-0.15, -0.1) is 0 Å². The van der Waals surface area contributed by atoms with E-state index < -0.39 is 23.8 Å². The van der Waals surface area contributed by atoms with Gasteiger partial charge in [-0.2, -0.15) is 5.10 Å². The average Bonchev–Trinajstić information content (AvgIpc) is 3.82. The molecule has 9 rings (SSSR count). The lowest BCUT2D eigenvalue weighted by molar-refractivity contribution is -0.131. The van der Waals surface area contributed by atoms with Crippen molar-refractivity contribution in [2.75, 3.05) is 44.2 Å². The lowest BCUT2D eigenvalue weighted by Crippen LogP contribution is -2.53. The Hall–Kier alpha value is -6.74. The van der Waals surface area contributed by atoms with Crippen LogP contribution in [0.4, 0.5) is 10.1 Å². The van der Waals surface area contributed by atoms with Crippen molar-refractivity contribution < 1.29 is 38.2 Å². The van der Waals surface area contributed by atoms with E-state index >= 15 is 0 Å². The number of fused-ring (bicyclic) bond motifs is 3. The van der Waals surface area contributed by atoms with E-state index in [1.54, 1.807) is 55.4 Å². The second kappa shape index (κ2) is 16.5. The van der Waals surface area contributed by atoms with Gasteiger partial charge in [0.2, 0.25) is 11.8 Å². The lowest BCUT2D eigenvalue weighted by Gasteiger charge is -2.36. The number of hydrogen-bond acceptors (Lipinski definition) is 8. The fraction of sp³-hybridized carbons (Fsp3) is 0.319. The molecule has 0 bridgehead atoms. The third kappa shape index (κ3) is 7.23. The molecule has 324 valence electrons. The first-order chi connectivity index (χ1) is 30.3. The van der Waals surface area contributed by atoms with Crippen LogP contribution in [0.15, 0.2) is 66.7 Å². The van der Waals surface area contributed by atoms with Crippen LogP contribution in [0.25, 0.3) is 32.8 Å². The Morgan fingerprint density at radius 1 is 0.952 bits per heavy atom. The molecule has 0 radical (unpaired) electrons. The van der Waals surface area contributed by atoms with E-state index in [1.165, 1.54) is 12.1 Å². The van der Waals surface area contributed by atoms with Gasteiger partial charge in [0.25, 0.3) is 11.8 Å². The molecule has 5 heterocycles. The quantitative estimate of drug-likeness (QED) is 0.103. The van der Waals surface area contributed by atoms with E-state index in [4.69, 9.17) is 16.3 Å². The van der Waals surface area contributed by atoms with E-state index in [0.717, 1.165) is 27.2 Å². The summed E-state index contributed by atoms with van der Waals surface area (Å²) in [6, 6.07) is 17.6. The molecule has 2 N–H and O–H groups in total. The highest BCUT2D eigenvalue weighted by molar-refractivity contribution is 6.35. The number of ether oxygens (including phenoxy) is 1. The Morgan fingerprint density at radius 3 is 2.49 bits per heavy atom.